The van der Waals surface area contributed by atoms with Crippen LogP contribution in [0, 0.1) is 35.3 Å². The van der Waals surface area contributed by atoms with Crippen LogP contribution in [-0.2, 0) is 15.6 Å². The fourth-order valence-electron chi connectivity index (χ4n) is 4.22. The highest BCUT2D eigenvalue weighted by atomic mass is 32.2. The number of allylic oxidation sites excluding steroid dienone is 1. The number of benzene rings is 3. The number of nitriles is 1. The van der Waals surface area contributed by atoms with E-state index in [1.165, 1.54) is 44.6 Å². The number of aromatic nitrogens is 2. The molecule has 0 aliphatic heterocycles. The van der Waals surface area contributed by atoms with Gasteiger partial charge in [-0.1, -0.05) is 0 Å². The Kier molecular flexibility index (Phi) is 9.08. The molecule has 4 rings (SSSR count). The van der Waals surface area contributed by atoms with Crippen molar-refractivity contribution in [2.24, 2.45) is 0 Å². The van der Waals surface area contributed by atoms with Crippen LogP contribution in [0.2, 0.25) is 0 Å². The lowest BCUT2D eigenvalue weighted by atomic mass is 10.0. The Morgan fingerprint density at radius 3 is 2.31 bits per heavy atom. The molecule has 3 aromatic carbocycles. The molecule has 0 spiro atoms. The molecule has 0 aliphatic rings. The molecule has 214 valence electrons. The van der Waals surface area contributed by atoms with Crippen molar-refractivity contribution >= 4 is 56.6 Å². The number of carbonyl (C=O) groups excluding carboxylic acids is 1. The number of non-ortho nitro benzene ring substituents is 1. The molecule has 2 N–H and O–H groups in total. The number of hydrogen-bond acceptors (Lipinski definition) is 10. The highest BCUT2D eigenvalue weighted by Crippen LogP contribution is 2.36. The number of rotatable bonds is 10. The molecule has 0 aliphatic carbocycles. The van der Waals surface area contributed by atoms with Gasteiger partial charge >= 0.3 is 0 Å². The van der Waals surface area contributed by atoms with Crippen LogP contribution < -0.4 is 20.1 Å². The van der Waals surface area contributed by atoms with Crippen molar-refractivity contribution in [3.63, 3.8) is 0 Å². The second kappa shape index (κ2) is 12.9. The van der Waals surface area contributed by atoms with Crippen molar-refractivity contribution in [2.75, 3.05) is 30.6 Å². The Morgan fingerprint density at radius 2 is 1.71 bits per heavy atom. The van der Waals surface area contributed by atoms with E-state index < -0.39 is 27.4 Å². The van der Waals surface area contributed by atoms with E-state index in [-0.39, 0.29) is 10.8 Å². The van der Waals surface area contributed by atoms with Crippen LogP contribution >= 0.6 is 0 Å². The van der Waals surface area contributed by atoms with Crippen LogP contribution in [0.1, 0.15) is 16.7 Å². The number of anilines is 3. The number of nitrogens with one attached hydrogen (secondary N) is 2. The summed E-state index contributed by atoms with van der Waals surface area (Å²) in [5.74, 6) is 0.154. The average Bonchev–Trinajstić information content (AvgIpc) is 2.97. The van der Waals surface area contributed by atoms with Gasteiger partial charge in [-0.05, 0) is 66.9 Å². The number of nitro groups is 1. The molecule has 4 aromatic rings. The third-order valence-corrected chi connectivity index (χ3v) is 7.27. The first-order chi connectivity index (χ1) is 20.1. The van der Waals surface area contributed by atoms with Gasteiger partial charge in [-0.2, -0.15) is 5.26 Å². The fourth-order valence-corrected chi connectivity index (χ4v) is 5.05. The second-order valence-electron chi connectivity index (χ2n) is 9.04. The fraction of sp³-hybridized carbons (Fsp3) is 0.172. The van der Waals surface area contributed by atoms with E-state index >= 15 is 0 Å². The molecule has 0 radical (unpaired) electrons. The summed E-state index contributed by atoms with van der Waals surface area (Å²) < 4.78 is 24.2. The molecule has 1 heterocycles. The van der Waals surface area contributed by atoms with Gasteiger partial charge in [-0.3, -0.25) is 19.1 Å². The number of hydrogen-bond donors (Lipinski definition) is 2. The van der Waals surface area contributed by atoms with Crippen LogP contribution in [0.25, 0.3) is 17.0 Å². The summed E-state index contributed by atoms with van der Waals surface area (Å²) in [6.45, 7) is 3.82. The first-order valence-corrected chi connectivity index (χ1v) is 13.8. The normalized spacial score (nSPS) is 11.6. The molecule has 12 nitrogen and oxygen atoms in total. The van der Waals surface area contributed by atoms with Gasteiger partial charge < -0.3 is 20.1 Å². The molecule has 42 heavy (non-hydrogen) atoms. The second-order valence-corrected chi connectivity index (χ2v) is 10.4. The van der Waals surface area contributed by atoms with E-state index in [1.807, 2.05) is 32.0 Å². The molecule has 0 saturated heterocycles. The third-order valence-electron chi connectivity index (χ3n) is 6.16. The number of amides is 1. The number of nitro benzene ring substituents is 1. The van der Waals surface area contributed by atoms with Crippen LogP contribution in [0.15, 0.2) is 59.8 Å². The van der Waals surface area contributed by atoms with Gasteiger partial charge in [0, 0.05) is 41.0 Å². The Bertz CT molecular complexity index is 1760. The Hall–Kier alpha value is -5.35. The topological polar surface area (TPSA) is 169 Å². The zero-order chi connectivity index (χ0) is 30.4. The summed E-state index contributed by atoms with van der Waals surface area (Å²) in [6.07, 6.45) is 3.11. The van der Waals surface area contributed by atoms with E-state index in [2.05, 4.69) is 20.6 Å². The maximum absolute atomic E-state index is 13.3. The van der Waals surface area contributed by atoms with Crippen molar-refractivity contribution in [1.29, 1.82) is 5.26 Å². The highest BCUT2D eigenvalue weighted by molar-refractivity contribution is 7.85. The summed E-state index contributed by atoms with van der Waals surface area (Å²) >= 11 is 0. The number of nitrogens with zero attached hydrogens (tertiary/aromatic N) is 4. The van der Waals surface area contributed by atoms with Gasteiger partial charge in [0.25, 0.3) is 5.69 Å². The highest BCUT2D eigenvalue weighted by Gasteiger charge is 2.20. The molecule has 1 unspecified atom stereocenters. The number of carbonyl (C=O) groups is 1. The lowest BCUT2D eigenvalue weighted by Gasteiger charge is -2.17. The molecular formula is C29H26N6O6S. The monoisotopic (exact) mass is 586 g/mol. The van der Waals surface area contributed by atoms with Crippen molar-refractivity contribution in [2.45, 2.75) is 19.0 Å². The van der Waals surface area contributed by atoms with Gasteiger partial charge in [0.2, 0.25) is 11.1 Å². The minimum absolute atomic E-state index is 0.0834. The maximum atomic E-state index is 13.3. The maximum Gasteiger partial charge on any atom is 0.269 e. The van der Waals surface area contributed by atoms with Gasteiger partial charge in [0.1, 0.15) is 22.4 Å². The van der Waals surface area contributed by atoms with E-state index in [0.717, 1.165) is 22.4 Å². The minimum Gasteiger partial charge on any atom is -0.493 e. The van der Waals surface area contributed by atoms with Gasteiger partial charge in [0.05, 0.1) is 30.7 Å². The van der Waals surface area contributed by atoms with Crippen LogP contribution in [0.5, 0.6) is 11.5 Å². The first kappa shape index (κ1) is 29.6. The van der Waals surface area contributed by atoms with E-state index in [4.69, 9.17) is 14.7 Å². The molecule has 1 atom stereocenters. The van der Waals surface area contributed by atoms with E-state index in [9.17, 15) is 19.1 Å². The number of aryl methyl sites for hydroxylation is 2. The predicted molar refractivity (Wildman–Crippen MR) is 159 cm³/mol. The average molecular weight is 587 g/mol. The minimum atomic E-state index is -1.95. The molecule has 0 saturated carbocycles. The summed E-state index contributed by atoms with van der Waals surface area (Å²) in [5, 5.41) is 26.1. The quantitative estimate of drug-likeness (QED) is 0.109. The Labute approximate surface area is 243 Å². The Balaban J connectivity index is 1.70. The zero-order valence-electron chi connectivity index (χ0n) is 23.1. The summed E-state index contributed by atoms with van der Waals surface area (Å²) in [7, 11) is 1.04. The lowest BCUT2D eigenvalue weighted by Crippen LogP contribution is -2.20. The zero-order valence-corrected chi connectivity index (χ0v) is 23.9. The van der Waals surface area contributed by atoms with E-state index in [1.54, 1.807) is 18.2 Å². The first-order valence-electron chi connectivity index (χ1n) is 12.4. The molecule has 13 heteroatoms. The van der Waals surface area contributed by atoms with Crippen molar-refractivity contribution in [3.05, 3.63) is 81.4 Å². The van der Waals surface area contributed by atoms with Gasteiger partial charge in [-0.25, -0.2) is 9.97 Å². The number of ether oxygens (including phenoxy) is 2. The van der Waals surface area contributed by atoms with Crippen LogP contribution in [-0.4, -0.2) is 45.0 Å². The van der Waals surface area contributed by atoms with Gasteiger partial charge in [0.15, 0.2) is 11.5 Å². The van der Waals surface area contributed by atoms with Crippen molar-refractivity contribution in [3.8, 4) is 17.6 Å². The van der Waals surface area contributed by atoms with Crippen molar-refractivity contribution in [1.82, 2.24) is 9.97 Å². The lowest BCUT2D eigenvalue weighted by molar-refractivity contribution is -0.384. The predicted octanol–water partition coefficient (Wildman–Crippen LogP) is 5.20. The summed E-state index contributed by atoms with van der Waals surface area (Å²) in [5.41, 5.74) is 3.98. The van der Waals surface area contributed by atoms with E-state index in [0.29, 0.717) is 33.9 Å². The molecular weight excluding hydrogens is 560 g/mol. The van der Waals surface area contributed by atoms with Crippen LogP contribution in [0.4, 0.5) is 22.9 Å². The molecule has 0 fully saturated rings. The molecule has 1 amide bonds. The third kappa shape index (κ3) is 6.68. The van der Waals surface area contributed by atoms with Gasteiger partial charge in [-0.15, -0.1) is 0 Å². The SMILES string of the molecule is COc1cc2nc(S(=O)CC(=O)Nc3ccc([N+](=O)[O-])cc3)nc(Nc3c(C)cc(/C=C/C#N)cc3C)c2cc1OC. The molecule has 1 aromatic heterocycles. The smallest absolute Gasteiger partial charge is 0.269 e. The number of methoxy groups -OCH3 is 2. The number of fused-ring (bicyclic) bond motifs is 1. The largest absolute Gasteiger partial charge is 0.493 e. The summed E-state index contributed by atoms with van der Waals surface area (Å²) in [4.78, 5) is 32.0. The standard InChI is InChI=1S/C29H26N6O6S/c1-17-12-19(6-5-11-30)13-18(2)27(17)33-28-22-14-24(40-3)25(41-4)15-23(22)32-29(34-28)42(39)16-26(36)31-20-7-9-21(10-8-20)35(37)38/h5-10,12-15H,16H2,1-4H3,(H,31,36)(H,32,33,34)/b6-5+. The summed E-state index contributed by atoms with van der Waals surface area (Å²) in [6, 6.07) is 14.4. The molecule has 0 bridgehead atoms. The Morgan fingerprint density at radius 1 is 1.07 bits per heavy atom. The van der Waals surface area contributed by atoms with Crippen LogP contribution in [0.3, 0.4) is 0 Å². The van der Waals surface area contributed by atoms with Crippen molar-refractivity contribution < 1.29 is 23.4 Å².